The van der Waals surface area contributed by atoms with Crippen LogP contribution in [0.25, 0.3) is 0 Å². The summed E-state index contributed by atoms with van der Waals surface area (Å²) < 4.78 is 5.32. The number of nitrogens with zero attached hydrogens (tertiary/aromatic N) is 1. The number of aromatic nitrogens is 1. The predicted octanol–water partition coefficient (Wildman–Crippen LogP) is 0.932. The van der Waals surface area contributed by atoms with Gasteiger partial charge >= 0.3 is 0 Å². The molecule has 1 aliphatic carbocycles. The Bertz CT molecular complexity index is 300. The highest BCUT2D eigenvalue weighted by Crippen LogP contribution is 2.29. The van der Waals surface area contributed by atoms with Crippen molar-refractivity contribution >= 4 is 16.5 Å². The maximum absolute atomic E-state index is 5.32. The van der Waals surface area contributed by atoms with Crippen molar-refractivity contribution in [3.8, 4) is 0 Å². The number of aryl methyl sites for hydroxylation is 1. The summed E-state index contributed by atoms with van der Waals surface area (Å²) in [7, 11) is 1.76. The van der Waals surface area contributed by atoms with Crippen molar-refractivity contribution in [1.29, 1.82) is 0 Å². The Morgan fingerprint density at radius 1 is 1.69 bits per heavy atom. The number of thiazole rings is 1. The summed E-state index contributed by atoms with van der Waals surface area (Å²) in [5.41, 5.74) is 3.77. The molecule has 2 rings (SSSR count). The molecule has 1 aromatic rings. The first-order valence-corrected chi connectivity index (χ1v) is 5.13. The fourth-order valence-corrected chi connectivity index (χ4v) is 2.59. The van der Waals surface area contributed by atoms with Gasteiger partial charge in [-0.2, -0.15) is 0 Å². The second kappa shape index (κ2) is 3.61. The largest absolute Gasteiger partial charge is 0.381 e. The lowest BCUT2D eigenvalue weighted by Gasteiger charge is -2.18. The summed E-state index contributed by atoms with van der Waals surface area (Å²) in [6.07, 6.45) is 3.41. The van der Waals surface area contributed by atoms with Crippen LogP contribution in [0.3, 0.4) is 0 Å². The van der Waals surface area contributed by atoms with Crippen molar-refractivity contribution in [1.82, 2.24) is 4.98 Å². The van der Waals surface area contributed by atoms with Crippen LogP contribution < -0.4 is 11.3 Å². The lowest BCUT2D eigenvalue weighted by atomic mass is 10.0. The molecule has 5 heteroatoms. The third kappa shape index (κ3) is 1.67. The van der Waals surface area contributed by atoms with Crippen molar-refractivity contribution in [2.75, 3.05) is 12.5 Å². The minimum absolute atomic E-state index is 0.360. The Kier molecular flexibility index (Phi) is 2.48. The zero-order chi connectivity index (χ0) is 9.26. The van der Waals surface area contributed by atoms with Gasteiger partial charge in [-0.1, -0.05) is 0 Å². The number of hydrazine groups is 1. The summed E-state index contributed by atoms with van der Waals surface area (Å²) in [6, 6.07) is 0. The van der Waals surface area contributed by atoms with Crippen LogP contribution in [-0.2, 0) is 17.6 Å². The van der Waals surface area contributed by atoms with Crippen molar-refractivity contribution in [2.45, 2.75) is 25.4 Å². The van der Waals surface area contributed by atoms with Gasteiger partial charge in [0.05, 0.1) is 11.8 Å². The average molecular weight is 199 g/mol. The van der Waals surface area contributed by atoms with Crippen molar-refractivity contribution < 1.29 is 4.74 Å². The van der Waals surface area contributed by atoms with Gasteiger partial charge < -0.3 is 4.74 Å². The first kappa shape index (κ1) is 8.93. The van der Waals surface area contributed by atoms with Crippen LogP contribution in [0, 0.1) is 0 Å². The van der Waals surface area contributed by atoms with Gasteiger partial charge in [0, 0.05) is 18.4 Å². The molecule has 0 bridgehead atoms. The van der Waals surface area contributed by atoms with Crippen LogP contribution in [0.5, 0.6) is 0 Å². The van der Waals surface area contributed by atoms with Crippen LogP contribution in [0.4, 0.5) is 5.13 Å². The van der Waals surface area contributed by atoms with E-state index in [-0.39, 0.29) is 0 Å². The monoisotopic (exact) mass is 199 g/mol. The number of hydrogen-bond donors (Lipinski definition) is 2. The Hall–Kier alpha value is -0.650. The lowest BCUT2D eigenvalue weighted by Crippen LogP contribution is -2.19. The molecule has 0 spiro atoms. The second-order valence-corrected chi connectivity index (χ2v) is 4.22. The Labute approximate surface area is 81.1 Å². The van der Waals surface area contributed by atoms with E-state index in [0.717, 1.165) is 24.4 Å². The zero-order valence-corrected chi connectivity index (χ0v) is 8.36. The molecule has 1 aliphatic rings. The highest BCUT2D eigenvalue weighted by atomic mass is 32.1. The van der Waals surface area contributed by atoms with Crippen molar-refractivity contribution in [2.24, 2.45) is 5.84 Å². The van der Waals surface area contributed by atoms with Gasteiger partial charge in [0.1, 0.15) is 0 Å². The molecule has 0 aromatic carbocycles. The van der Waals surface area contributed by atoms with Gasteiger partial charge in [0.25, 0.3) is 0 Å². The third-order valence-corrected chi connectivity index (χ3v) is 3.40. The molecule has 4 nitrogen and oxygen atoms in total. The van der Waals surface area contributed by atoms with Gasteiger partial charge in [0.2, 0.25) is 0 Å². The number of hydrogen-bond acceptors (Lipinski definition) is 5. The molecule has 0 saturated carbocycles. The maximum Gasteiger partial charge on any atom is 0.197 e. The summed E-state index contributed by atoms with van der Waals surface area (Å²) in [4.78, 5) is 5.68. The third-order valence-electron chi connectivity index (χ3n) is 2.35. The van der Waals surface area contributed by atoms with E-state index in [1.165, 1.54) is 10.6 Å². The molecule has 3 N–H and O–H groups in total. The molecular weight excluding hydrogens is 186 g/mol. The molecule has 13 heavy (non-hydrogen) atoms. The number of ether oxygens (including phenoxy) is 1. The Morgan fingerprint density at radius 2 is 2.54 bits per heavy atom. The van der Waals surface area contributed by atoms with Gasteiger partial charge in [-0.3, -0.25) is 5.43 Å². The first-order chi connectivity index (χ1) is 6.33. The van der Waals surface area contributed by atoms with E-state index in [1.807, 2.05) is 0 Å². The molecule has 0 aliphatic heterocycles. The van der Waals surface area contributed by atoms with E-state index < -0.39 is 0 Å². The minimum Gasteiger partial charge on any atom is -0.381 e. The molecule has 1 heterocycles. The molecule has 1 atom stereocenters. The van der Waals surface area contributed by atoms with Crippen molar-refractivity contribution in [3.63, 3.8) is 0 Å². The minimum atomic E-state index is 0.360. The number of nitrogen functional groups attached to an aromatic ring is 1. The normalized spacial score (nSPS) is 21.2. The standard InChI is InChI=1S/C8H13N3OS/c1-12-5-2-3-6-7(4-5)13-8(10-6)11-9/h5H,2-4,9H2,1H3,(H,10,11). The van der Waals surface area contributed by atoms with E-state index in [4.69, 9.17) is 10.6 Å². The number of nitrogens with one attached hydrogen (secondary N) is 1. The fourth-order valence-electron chi connectivity index (χ4n) is 1.61. The summed E-state index contributed by atoms with van der Waals surface area (Å²) in [5.74, 6) is 5.30. The van der Waals surface area contributed by atoms with Gasteiger partial charge in [-0.05, 0) is 12.8 Å². The molecule has 72 valence electrons. The second-order valence-electron chi connectivity index (χ2n) is 3.13. The number of rotatable bonds is 2. The molecule has 0 amide bonds. The van der Waals surface area contributed by atoms with E-state index in [1.54, 1.807) is 18.4 Å². The number of fused-ring (bicyclic) bond motifs is 1. The molecule has 1 unspecified atom stereocenters. The van der Waals surface area contributed by atoms with Crippen LogP contribution in [-0.4, -0.2) is 18.2 Å². The highest BCUT2D eigenvalue weighted by Gasteiger charge is 2.21. The smallest absolute Gasteiger partial charge is 0.197 e. The molecule has 1 aromatic heterocycles. The van der Waals surface area contributed by atoms with Gasteiger partial charge in [-0.15, -0.1) is 11.3 Å². The van der Waals surface area contributed by atoms with E-state index >= 15 is 0 Å². The number of methoxy groups -OCH3 is 1. The van der Waals surface area contributed by atoms with E-state index in [0.29, 0.717) is 6.10 Å². The molecule has 0 fully saturated rings. The summed E-state index contributed by atoms with van der Waals surface area (Å²) in [5, 5.41) is 0.807. The number of nitrogens with two attached hydrogens (primary N) is 1. The quantitative estimate of drug-likeness (QED) is 0.549. The molecule has 0 saturated heterocycles. The summed E-state index contributed by atoms with van der Waals surface area (Å²) >= 11 is 1.63. The summed E-state index contributed by atoms with van der Waals surface area (Å²) in [6.45, 7) is 0. The maximum atomic E-state index is 5.32. The van der Waals surface area contributed by atoms with Crippen LogP contribution in [0.15, 0.2) is 0 Å². The van der Waals surface area contributed by atoms with Crippen molar-refractivity contribution in [3.05, 3.63) is 10.6 Å². The van der Waals surface area contributed by atoms with E-state index in [9.17, 15) is 0 Å². The van der Waals surface area contributed by atoms with Crippen LogP contribution in [0.1, 0.15) is 17.0 Å². The Balaban J connectivity index is 2.19. The average Bonchev–Trinajstić information content (AvgIpc) is 2.58. The van der Waals surface area contributed by atoms with Crippen LogP contribution >= 0.6 is 11.3 Å². The van der Waals surface area contributed by atoms with E-state index in [2.05, 4.69) is 10.4 Å². The zero-order valence-electron chi connectivity index (χ0n) is 7.54. The lowest BCUT2D eigenvalue weighted by molar-refractivity contribution is 0.0916. The molecular formula is C8H13N3OS. The number of anilines is 1. The first-order valence-electron chi connectivity index (χ1n) is 4.31. The molecule has 0 radical (unpaired) electrons. The highest BCUT2D eigenvalue weighted by molar-refractivity contribution is 7.15. The Morgan fingerprint density at radius 3 is 3.23 bits per heavy atom. The fraction of sp³-hybridized carbons (Fsp3) is 0.625. The SMILES string of the molecule is COC1CCc2nc(NN)sc2C1. The van der Waals surface area contributed by atoms with Gasteiger partial charge in [0.15, 0.2) is 5.13 Å². The topological polar surface area (TPSA) is 60.2 Å². The van der Waals surface area contributed by atoms with Gasteiger partial charge in [-0.25, -0.2) is 10.8 Å². The van der Waals surface area contributed by atoms with Crippen LogP contribution in [0.2, 0.25) is 0 Å². The predicted molar refractivity (Wildman–Crippen MR) is 52.7 cm³/mol.